The Labute approximate surface area is 141 Å². The number of rotatable bonds is 5. The smallest absolute Gasteiger partial charge is 0.297 e. The third kappa shape index (κ3) is 3.43. The molecule has 1 amide bonds. The maximum atomic E-state index is 13.2. The summed E-state index contributed by atoms with van der Waals surface area (Å²) in [5, 5.41) is 6.41. The molecule has 2 heterocycles. The Balaban J connectivity index is 1.93. The lowest BCUT2D eigenvalue weighted by Gasteiger charge is -2.20. The zero-order valence-electron chi connectivity index (χ0n) is 13.0. The van der Waals surface area contributed by atoms with Crippen molar-refractivity contribution in [2.75, 3.05) is 12.0 Å². The fraction of sp³-hybridized carbons (Fsp3) is 0.188. The number of thiazole rings is 1. The van der Waals surface area contributed by atoms with E-state index >= 15 is 0 Å². The summed E-state index contributed by atoms with van der Waals surface area (Å²) in [6.07, 6.45) is 0. The van der Waals surface area contributed by atoms with Crippen molar-refractivity contribution in [3.63, 3.8) is 0 Å². The van der Waals surface area contributed by atoms with Gasteiger partial charge in [-0.25, -0.2) is 9.37 Å². The fourth-order valence-electron chi connectivity index (χ4n) is 2.13. The normalized spacial score (nSPS) is 10.6. The van der Waals surface area contributed by atoms with Gasteiger partial charge in [-0.2, -0.15) is 0 Å². The number of aryl methyl sites for hydroxylation is 1. The maximum absolute atomic E-state index is 13.2. The predicted octanol–water partition coefficient (Wildman–Crippen LogP) is 3.43. The first-order chi connectivity index (χ1) is 11.6. The van der Waals surface area contributed by atoms with Crippen LogP contribution in [-0.4, -0.2) is 23.2 Å². The van der Waals surface area contributed by atoms with Gasteiger partial charge in [0.05, 0.1) is 30.4 Å². The number of nitrogens with zero attached hydrogens (tertiary/aromatic N) is 3. The molecule has 0 unspecified atom stereocenters. The van der Waals surface area contributed by atoms with Crippen LogP contribution in [-0.2, 0) is 6.54 Å². The molecule has 3 rings (SSSR count). The first-order valence-corrected chi connectivity index (χ1v) is 7.94. The van der Waals surface area contributed by atoms with Crippen LogP contribution in [0.25, 0.3) is 0 Å². The average Bonchev–Trinajstić information content (AvgIpc) is 3.22. The standard InChI is InChI=1S/C16H14FN3O3S/c1-10-18-12(9-24-10)8-20(13-5-3-11(17)4-6-13)16(21)14-7-15(22-2)19-23-14/h3-7,9H,8H2,1-2H3. The molecule has 0 atom stereocenters. The lowest BCUT2D eigenvalue weighted by atomic mass is 10.2. The van der Waals surface area contributed by atoms with Crippen LogP contribution in [0, 0.1) is 12.7 Å². The highest BCUT2D eigenvalue weighted by molar-refractivity contribution is 7.09. The summed E-state index contributed by atoms with van der Waals surface area (Å²) in [4.78, 5) is 18.6. The van der Waals surface area contributed by atoms with Crippen LogP contribution in [0.15, 0.2) is 40.2 Å². The van der Waals surface area contributed by atoms with Gasteiger partial charge in [-0.1, -0.05) is 0 Å². The lowest BCUT2D eigenvalue weighted by molar-refractivity contribution is 0.0948. The minimum Gasteiger partial charge on any atom is -0.479 e. The first kappa shape index (κ1) is 16.1. The molecule has 0 saturated carbocycles. The Morgan fingerprint density at radius 1 is 1.38 bits per heavy atom. The number of carbonyl (C=O) groups is 1. The molecule has 0 saturated heterocycles. The Hall–Kier alpha value is -2.74. The van der Waals surface area contributed by atoms with E-state index in [0.29, 0.717) is 5.69 Å². The molecule has 0 fully saturated rings. The Morgan fingerprint density at radius 3 is 2.71 bits per heavy atom. The van der Waals surface area contributed by atoms with Crippen molar-refractivity contribution in [1.29, 1.82) is 0 Å². The van der Waals surface area contributed by atoms with E-state index < -0.39 is 5.91 Å². The summed E-state index contributed by atoms with van der Waals surface area (Å²) >= 11 is 1.49. The first-order valence-electron chi connectivity index (χ1n) is 7.06. The number of carbonyl (C=O) groups excluding carboxylic acids is 1. The van der Waals surface area contributed by atoms with E-state index in [0.717, 1.165) is 10.7 Å². The van der Waals surface area contributed by atoms with Gasteiger partial charge >= 0.3 is 0 Å². The largest absolute Gasteiger partial charge is 0.479 e. The molecule has 0 radical (unpaired) electrons. The zero-order chi connectivity index (χ0) is 17.1. The topological polar surface area (TPSA) is 68.5 Å². The summed E-state index contributed by atoms with van der Waals surface area (Å²) in [6.45, 7) is 2.12. The molecule has 8 heteroatoms. The van der Waals surface area contributed by atoms with Gasteiger partial charge < -0.3 is 9.26 Å². The fourth-order valence-corrected chi connectivity index (χ4v) is 2.74. The number of hydrogen-bond acceptors (Lipinski definition) is 6. The van der Waals surface area contributed by atoms with E-state index in [1.165, 1.54) is 53.7 Å². The van der Waals surface area contributed by atoms with Crippen LogP contribution in [0.1, 0.15) is 21.3 Å². The molecule has 0 aliphatic carbocycles. The van der Waals surface area contributed by atoms with Crippen molar-refractivity contribution in [3.05, 3.63) is 58.0 Å². The quantitative estimate of drug-likeness (QED) is 0.707. The molecule has 1 aromatic carbocycles. The van der Waals surface area contributed by atoms with Gasteiger partial charge in [0.2, 0.25) is 5.76 Å². The van der Waals surface area contributed by atoms with E-state index in [1.54, 1.807) is 0 Å². The van der Waals surface area contributed by atoms with Gasteiger partial charge in [0.15, 0.2) is 0 Å². The number of benzene rings is 1. The Kier molecular flexibility index (Phi) is 4.57. The SMILES string of the molecule is COc1cc(C(=O)N(Cc2csc(C)n2)c2ccc(F)cc2)on1. The number of ether oxygens (including phenoxy) is 1. The van der Waals surface area contributed by atoms with Crippen LogP contribution < -0.4 is 9.64 Å². The summed E-state index contributed by atoms with van der Waals surface area (Å²) in [5.41, 5.74) is 1.27. The zero-order valence-corrected chi connectivity index (χ0v) is 13.8. The summed E-state index contributed by atoms with van der Waals surface area (Å²) in [7, 11) is 1.43. The molecule has 0 spiro atoms. The average molecular weight is 347 g/mol. The van der Waals surface area contributed by atoms with Crippen LogP contribution in [0.3, 0.4) is 0 Å². The molecule has 124 valence electrons. The van der Waals surface area contributed by atoms with Crippen LogP contribution in [0.4, 0.5) is 10.1 Å². The highest BCUT2D eigenvalue weighted by Crippen LogP contribution is 2.23. The van der Waals surface area contributed by atoms with Crippen molar-refractivity contribution in [2.45, 2.75) is 13.5 Å². The van der Waals surface area contributed by atoms with E-state index in [1.807, 2.05) is 12.3 Å². The van der Waals surface area contributed by atoms with Crippen molar-refractivity contribution in [2.24, 2.45) is 0 Å². The highest BCUT2D eigenvalue weighted by Gasteiger charge is 2.23. The number of halogens is 1. The van der Waals surface area contributed by atoms with Crippen molar-refractivity contribution >= 4 is 22.9 Å². The van der Waals surface area contributed by atoms with Gasteiger partial charge in [0, 0.05) is 11.1 Å². The van der Waals surface area contributed by atoms with Gasteiger partial charge in [-0.3, -0.25) is 9.69 Å². The molecular formula is C16H14FN3O3S. The van der Waals surface area contributed by atoms with E-state index in [9.17, 15) is 9.18 Å². The second-order valence-electron chi connectivity index (χ2n) is 4.96. The highest BCUT2D eigenvalue weighted by atomic mass is 32.1. The molecule has 24 heavy (non-hydrogen) atoms. The monoisotopic (exact) mass is 347 g/mol. The van der Waals surface area contributed by atoms with Crippen molar-refractivity contribution in [1.82, 2.24) is 10.1 Å². The van der Waals surface area contributed by atoms with Gasteiger partial charge in [0.1, 0.15) is 5.82 Å². The molecule has 0 bridgehead atoms. The lowest BCUT2D eigenvalue weighted by Crippen LogP contribution is -2.30. The molecule has 6 nitrogen and oxygen atoms in total. The Bertz CT molecular complexity index is 844. The van der Waals surface area contributed by atoms with Crippen LogP contribution in [0.5, 0.6) is 5.88 Å². The third-order valence-corrected chi connectivity index (χ3v) is 4.10. The summed E-state index contributed by atoms with van der Waals surface area (Å²) in [5.74, 6) is -0.551. The molecule has 3 aromatic rings. The van der Waals surface area contributed by atoms with Gasteiger partial charge in [0.25, 0.3) is 11.8 Å². The van der Waals surface area contributed by atoms with Gasteiger partial charge in [-0.05, 0) is 36.3 Å². The van der Waals surface area contributed by atoms with Crippen LogP contribution >= 0.6 is 11.3 Å². The summed E-state index contributed by atoms with van der Waals surface area (Å²) in [6, 6.07) is 7.05. The number of methoxy groups -OCH3 is 1. The Morgan fingerprint density at radius 2 is 2.12 bits per heavy atom. The maximum Gasteiger partial charge on any atom is 0.297 e. The van der Waals surface area contributed by atoms with Crippen LogP contribution in [0.2, 0.25) is 0 Å². The molecule has 0 aliphatic heterocycles. The number of aromatic nitrogens is 2. The molecule has 0 aliphatic rings. The molecule has 2 aromatic heterocycles. The minimum atomic E-state index is -0.414. The number of anilines is 1. The number of hydrogen-bond donors (Lipinski definition) is 0. The van der Waals surface area contributed by atoms with Crippen molar-refractivity contribution < 1.29 is 18.4 Å². The predicted molar refractivity (Wildman–Crippen MR) is 86.8 cm³/mol. The van der Waals surface area contributed by atoms with Gasteiger partial charge in [-0.15, -0.1) is 11.3 Å². The van der Waals surface area contributed by atoms with E-state index in [4.69, 9.17) is 9.26 Å². The number of amides is 1. The third-order valence-electron chi connectivity index (χ3n) is 3.28. The molecular weight excluding hydrogens is 333 g/mol. The van der Waals surface area contributed by atoms with Crippen molar-refractivity contribution in [3.8, 4) is 5.88 Å². The molecule has 0 N–H and O–H groups in total. The summed E-state index contributed by atoms with van der Waals surface area (Å²) < 4.78 is 23.2. The van der Waals surface area contributed by atoms with E-state index in [-0.39, 0.29) is 24.0 Å². The minimum absolute atomic E-state index is 0.0307. The van der Waals surface area contributed by atoms with E-state index in [2.05, 4.69) is 10.1 Å². The second kappa shape index (κ2) is 6.79. The second-order valence-corrected chi connectivity index (χ2v) is 6.02.